The standard InChI is InChI=1S/C24H24ClFN6O4S2/c1-3-8-37(33,34)31-12-17(13-31)29-23-21(26)11-27-22(30-23)20-14-32(24-19(20)9-16(25)10-28-24)38(35,36)18-6-4-15(2)5-7-18/h4-7,9-11,14,17H,3,8,12-13H2,1-2H3,(H,27,29,30). The van der Waals surface area contributed by atoms with Crippen LogP contribution < -0.4 is 5.32 Å². The topological polar surface area (TPSA) is 127 Å². The Bertz CT molecular complexity index is 1740. The van der Waals surface area contributed by atoms with E-state index in [1.54, 1.807) is 25.1 Å². The Morgan fingerprint density at radius 1 is 1.11 bits per heavy atom. The minimum absolute atomic E-state index is 0.0515. The second kappa shape index (κ2) is 9.88. The molecule has 0 saturated carbocycles. The lowest BCUT2D eigenvalue weighted by atomic mass is 10.2. The summed E-state index contributed by atoms with van der Waals surface area (Å²) in [6, 6.07) is 7.61. The highest BCUT2D eigenvalue weighted by Crippen LogP contribution is 2.33. The van der Waals surface area contributed by atoms with Gasteiger partial charge in [-0.3, -0.25) is 0 Å². The lowest BCUT2D eigenvalue weighted by molar-refractivity contribution is 0.280. The molecule has 10 nitrogen and oxygen atoms in total. The van der Waals surface area contributed by atoms with Crippen LogP contribution in [0.5, 0.6) is 0 Å². The fraction of sp³-hybridized carbons (Fsp3) is 0.292. The van der Waals surface area contributed by atoms with Gasteiger partial charge in [-0.25, -0.2) is 40.2 Å². The lowest BCUT2D eigenvalue weighted by Crippen LogP contribution is -2.57. The summed E-state index contributed by atoms with van der Waals surface area (Å²) in [6.07, 6.45) is 4.16. The predicted octanol–water partition coefficient (Wildman–Crippen LogP) is 3.67. The van der Waals surface area contributed by atoms with Gasteiger partial charge in [-0.05, 0) is 31.5 Å². The first-order chi connectivity index (χ1) is 18.0. The van der Waals surface area contributed by atoms with Gasteiger partial charge in [-0.15, -0.1) is 0 Å². The average molecular weight is 579 g/mol. The summed E-state index contributed by atoms with van der Waals surface area (Å²) in [5.74, 6) is -0.742. The maximum Gasteiger partial charge on any atom is 0.269 e. The zero-order valence-electron chi connectivity index (χ0n) is 20.5. The third-order valence-electron chi connectivity index (χ3n) is 6.19. The van der Waals surface area contributed by atoms with Gasteiger partial charge in [0.1, 0.15) is 0 Å². The predicted molar refractivity (Wildman–Crippen MR) is 143 cm³/mol. The van der Waals surface area contributed by atoms with Gasteiger partial charge in [0.15, 0.2) is 23.1 Å². The molecule has 1 fully saturated rings. The molecule has 0 spiro atoms. The van der Waals surface area contributed by atoms with E-state index in [1.165, 1.54) is 28.8 Å². The van der Waals surface area contributed by atoms with Crippen molar-refractivity contribution in [1.82, 2.24) is 23.2 Å². The summed E-state index contributed by atoms with van der Waals surface area (Å²) in [5.41, 5.74) is 1.31. The van der Waals surface area contributed by atoms with E-state index in [-0.39, 0.29) is 57.7 Å². The second-order valence-corrected chi connectivity index (χ2v) is 13.4. The lowest BCUT2D eigenvalue weighted by Gasteiger charge is -2.38. The Kier molecular flexibility index (Phi) is 6.88. The highest BCUT2D eigenvalue weighted by atomic mass is 35.5. The molecule has 200 valence electrons. The summed E-state index contributed by atoms with van der Waals surface area (Å²) in [4.78, 5) is 12.7. The number of rotatable bonds is 8. The number of nitrogens with zero attached hydrogens (tertiary/aromatic N) is 5. The molecule has 1 aliphatic rings. The van der Waals surface area contributed by atoms with E-state index in [2.05, 4.69) is 20.3 Å². The molecular weight excluding hydrogens is 555 g/mol. The Labute approximate surface area is 224 Å². The number of hydrogen-bond acceptors (Lipinski definition) is 8. The van der Waals surface area contributed by atoms with Gasteiger partial charge in [0.25, 0.3) is 10.0 Å². The van der Waals surface area contributed by atoms with Crippen molar-refractivity contribution >= 4 is 48.5 Å². The van der Waals surface area contributed by atoms with E-state index in [9.17, 15) is 21.2 Å². The first-order valence-electron chi connectivity index (χ1n) is 11.8. The molecule has 1 aromatic carbocycles. The summed E-state index contributed by atoms with van der Waals surface area (Å²) in [7, 11) is -7.37. The van der Waals surface area contributed by atoms with Crippen LogP contribution in [0.2, 0.25) is 5.02 Å². The first-order valence-corrected chi connectivity index (χ1v) is 15.2. The van der Waals surface area contributed by atoms with Crippen LogP contribution in [-0.4, -0.2) is 64.9 Å². The van der Waals surface area contributed by atoms with Gasteiger partial charge in [-0.1, -0.05) is 36.2 Å². The van der Waals surface area contributed by atoms with Gasteiger partial charge in [0.2, 0.25) is 10.0 Å². The van der Waals surface area contributed by atoms with Gasteiger partial charge in [-0.2, -0.15) is 4.31 Å². The van der Waals surface area contributed by atoms with Crippen LogP contribution in [0.25, 0.3) is 22.4 Å². The van der Waals surface area contributed by atoms with Crippen molar-refractivity contribution in [3.05, 3.63) is 65.3 Å². The van der Waals surface area contributed by atoms with Crippen molar-refractivity contribution in [3.63, 3.8) is 0 Å². The van der Waals surface area contributed by atoms with Crippen LogP contribution in [0.3, 0.4) is 0 Å². The minimum atomic E-state index is -4.04. The molecular formula is C24H24ClFN6O4S2. The Morgan fingerprint density at radius 3 is 2.50 bits per heavy atom. The number of benzene rings is 1. The van der Waals surface area contributed by atoms with Crippen LogP contribution in [0.15, 0.2) is 53.8 Å². The third-order valence-corrected chi connectivity index (χ3v) is 10.1. The van der Waals surface area contributed by atoms with Crippen LogP contribution >= 0.6 is 11.6 Å². The zero-order valence-corrected chi connectivity index (χ0v) is 22.9. The fourth-order valence-electron chi connectivity index (χ4n) is 4.17. The van der Waals surface area contributed by atoms with Crippen molar-refractivity contribution < 1.29 is 21.2 Å². The van der Waals surface area contributed by atoms with Crippen LogP contribution in [-0.2, 0) is 20.0 Å². The fourth-order valence-corrected chi connectivity index (χ4v) is 7.24. The molecule has 5 rings (SSSR count). The Morgan fingerprint density at radius 2 is 1.82 bits per heavy atom. The molecule has 38 heavy (non-hydrogen) atoms. The molecule has 1 aliphatic heterocycles. The van der Waals surface area contributed by atoms with E-state index in [0.29, 0.717) is 11.8 Å². The van der Waals surface area contributed by atoms with Gasteiger partial charge >= 0.3 is 0 Å². The summed E-state index contributed by atoms with van der Waals surface area (Å²) in [5, 5.41) is 3.57. The molecule has 14 heteroatoms. The van der Waals surface area contributed by atoms with Crippen molar-refractivity contribution in [3.8, 4) is 11.4 Å². The molecule has 1 saturated heterocycles. The van der Waals surface area contributed by atoms with Crippen molar-refractivity contribution in [1.29, 1.82) is 0 Å². The SMILES string of the molecule is CCCS(=O)(=O)N1CC(Nc2nc(-c3cn(S(=O)(=O)c4ccc(C)cc4)c4ncc(Cl)cc34)ncc2F)C1. The molecule has 3 aromatic heterocycles. The smallest absolute Gasteiger partial charge is 0.269 e. The highest BCUT2D eigenvalue weighted by Gasteiger charge is 2.35. The number of sulfonamides is 1. The highest BCUT2D eigenvalue weighted by molar-refractivity contribution is 7.90. The van der Waals surface area contributed by atoms with Crippen molar-refractivity contribution in [2.24, 2.45) is 0 Å². The quantitative estimate of drug-likeness (QED) is 0.335. The number of hydrogen-bond donors (Lipinski definition) is 1. The van der Waals surface area contributed by atoms with E-state index in [1.807, 2.05) is 6.92 Å². The molecule has 4 aromatic rings. The van der Waals surface area contributed by atoms with Gasteiger partial charge < -0.3 is 5.32 Å². The monoisotopic (exact) mass is 578 g/mol. The summed E-state index contributed by atoms with van der Waals surface area (Å²) >= 11 is 6.17. The normalized spacial score (nSPS) is 15.1. The minimum Gasteiger partial charge on any atom is -0.362 e. The van der Waals surface area contributed by atoms with Gasteiger partial charge in [0, 0.05) is 36.4 Å². The number of anilines is 1. The first kappa shape index (κ1) is 26.5. The summed E-state index contributed by atoms with van der Waals surface area (Å²) < 4.78 is 68.4. The molecule has 0 aliphatic carbocycles. The molecule has 0 radical (unpaired) electrons. The maximum atomic E-state index is 14.6. The second-order valence-electron chi connectivity index (χ2n) is 9.05. The average Bonchev–Trinajstić information content (AvgIpc) is 3.21. The zero-order chi connectivity index (χ0) is 27.2. The molecule has 4 heterocycles. The molecule has 0 atom stereocenters. The van der Waals surface area contributed by atoms with Gasteiger partial charge in [0.05, 0.1) is 27.9 Å². The van der Waals surface area contributed by atoms with Crippen molar-refractivity contribution in [2.45, 2.75) is 31.2 Å². The molecule has 0 amide bonds. The van der Waals surface area contributed by atoms with Crippen LogP contribution in [0.1, 0.15) is 18.9 Å². The third kappa shape index (κ3) is 4.86. The van der Waals surface area contributed by atoms with E-state index in [0.717, 1.165) is 15.7 Å². The summed E-state index contributed by atoms with van der Waals surface area (Å²) in [6.45, 7) is 4.02. The largest absolute Gasteiger partial charge is 0.362 e. The van der Waals surface area contributed by atoms with Crippen LogP contribution in [0, 0.1) is 12.7 Å². The number of nitrogens with one attached hydrogen (secondary N) is 1. The Balaban J connectivity index is 1.51. The maximum absolute atomic E-state index is 14.6. The number of aryl methyl sites for hydroxylation is 1. The van der Waals surface area contributed by atoms with E-state index < -0.39 is 25.9 Å². The van der Waals surface area contributed by atoms with Crippen LogP contribution in [0.4, 0.5) is 10.2 Å². The Hall–Kier alpha value is -3.13. The van der Waals surface area contributed by atoms with E-state index >= 15 is 0 Å². The van der Waals surface area contributed by atoms with E-state index in [4.69, 9.17) is 11.6 Å². The molecule has 0 unspecified atom stereocenters. The number of aromatic nitrogens is 4. The number of halogens is 2. The number of pyridine rings is 1. The number of fused-ring (bicyclic) bond motifs is 1. The molecule has 0 bridgehead atoms. The molecule has 1 N–H and O–H groups in total. The van der Waals surface area contributed by atoms with Crippen molar-refractivity contribution in [2.75, 3.05) is 24.2 Å².